The largest absolute Gasteiger partial charge is 0.196 e. The number of nitriles is 2. The predicted molar refractivity (Wildman–Crippen MR) is 43.0 cm³/mol. The Bertz CT molecular complexity index is 313. The smallest absolute Gasteiger partial charge is 0.167 e. The van der Waals surface area contributed by atoms with Gasteiger partial charge in [0.1, 0.15) is 0 Å². The van der Waals surface area contributed by atoms with Crippen molar-refractivity contribution in [2.75, 3.05) is 0 Å². The van der Waals surface area contributed by atoms with Gasteiger partial charge in [0.05, 0.1) is 12.1 Å². The molecule has 0 aliphatic rings. The molecule has 0 radical (unpaired) electrons. The summed E-state index contributed by atoms with van der Waals surface area (Å²) < 4.78 is 0. The Kier molecular flexibility index (Phi) is 2.25. The highest BCUT2D eigenvalue weighted by atomic mass is 32.1. The first-order chi connectivity index (χ1) is 5.29. The molecule has 0 saturated heterocycles. The zero-order valence-electron chi connectivity index (χ0n) is 6.03. The minimum atomic E-state index is -0.588. The fraction of sp³-hybridized carbons (Fsp3) is 0.250. The Labute approximate surface area is 69.3 Å². The van der Waals surface area contributed by atoms with Gasteiger partial charge < -0.3 is 0 Å². The molecule has 3 heteroatoms. The van der Waals surface area contributed by atoms with Crippen LogP contribution in [-0.2, 0) is 0 Å². The minimum Gasteiger partial charge on any atom is -0.196 e. The molecule has 11 heavy (non-hydrogen) atoms. The molecule has 0 saturated carbocycles. The van der Waals surface area contributed by atoms with E-state index in [2.05, 4.69) is 0 Å². The first-order valence-corrected chi connectivity index (χ1v) is 4.00. The standard InChI is InChI=1S/C8H6N2S/c1-6-2-3-11-8(6)7(4-9)5-10/h2-3,7H,1H3. The first-order valence-electron chi connectivity index (χ1n) is 3.13. The van der Waals surface area contributed by atoms with Crippen molar-refractivity contribution < 1.29 is 0 Å². The third kappa shape index (κ3) is 1.39. The van der Waals surface area contributed by atoms with E-state index < -0.39 is 5.92 Å². The molecular formula is C8H6N2S. The highest BCUT2D eigenvalue weighted by Gasteiger charge is 2.12. The maximum Gasteiger partial charge on any atom is 0.167 e. The third-order valence-corrected chi connectivity index (χ3v) is 2.51. The van der Waals surface area contributed by atoms with Gasteiger partial charge in [-0.2, -0.15) is 10.5 Å². The van der Waals surface area contributed by atoms with Gasteiger partial charge in [-0.05, 0) is 23.9 Å². The number of thiophene rings is 1. The molecule has 0 atom stereocenters. The molecule has 0 aliphatic carbocycles. The molecule has 1 aromatic rings. The summed E-state index contributed by atoms with van der Waals surface area (Å²) in [6.45, 7) is 1.91. The molecule has 54 valence electrons. The van der Waals surface area contributed by atoms with Crippen LogP contribution < -0.4 is 0 Å². The van der Waals surface area contributed by atoms with Crippen LogP contribution in [0.1, 0.15) is 16.4 Å². The summed E-state index contributed by atoms with van der Waals surface area (Å²) in [7, 11) is 0. The molecule has 1 heterocycles. The molecule has 0 N–H and O–H groups in total. The summed E-state index contributed by atoms with van der Waals surface area (Å²) in [5, 5.41) is 19.0. The molecule has 1 rings (SSSR count). The molecule has 0 aliphatic heterocycles. The van der Waals surface area contributed by atoms with Gasteiger partial charge in [-0.3, -0.25) is 0 Å². The SMILES string of the molecule is Cc1ccsc1C(C#N)C#N. The number of hydrogen-bond acceptors (Lipinski definition) is 3. The van der Waals surface area contributed by atoms with Gasteiger partial charge in [-0.25, -0.2) is 0 Å². The van der Waals surface area contributed by atoms with Crippen molar-refractivity contribution in [2.24, 2.45) is 0 Å². The second-order valence-corrected chi connectivity index (χ2v) is 3.11. The van der Waals surface area contributed by atoms with E-state index in [4.69, 9.17) is 10.5 Å². The minimum absolute atomic E-state index is 0.588. The Morgan fingerprint density at radius 1 is 1.45 bits per heavy atom. The Morgan fingerprint density at radius 3 is 2.45 bits per heavy atom. The quantitative estimate of drug-likeness (QED) is 0.635. The molecule has 2 nitrogen and oxygen atoms in total. The van der Waals surface area contributed by atoms with Crippen LogP contribution in [0.5, 0.6) is 0 Å². The predicted octanol–water partition coefficient (Wildman–Crippen LogP) is 2.19. The fourth-order valence-electron chi connectivity index (χ4n) is 0.826. The van der Waals surface area contributed by atoms with E-state index in [0.717, 1.165) is 10.4 Å². The lowest BCUT2D eigenvalue weighted by Crippen LogP contribution is -1.88. The van der Waals surface area contributed by atoms with E-state index in [1.54, 1.807) is 0 Å². The summed E-state index contributed by atoms with van der Waals surface area (Å²) in [6, 6.07) is 5.81. The molecule has 0 unspecified atom stereocenters. The van der Waals surface area contributed by atoms with Crippen molar-refractivity contribution in [3.8, 4) is 12.1 Å². The topological polar surface area (TPSA) is 47.6 Å². The second kappa shape index (κ2) is 3.18. The third-order valence-electron chi connectivity index (χ3n) is 1.42. The molecule has 0 fully saturated rings. The number of nitrogens with zero attached hydrogens (tertiary/aromatic N) is 2. The van der Waals surface area contributed by atoms with E-state index in [0.29, 0.717) is 0 Å². The highest BCUT2D eigenvalue weighted by Crippen LogP contribution is 2.24. The average Bonchev–Trinajstić information content (AvgIpc) is 2.40. The van der Waals surface area contributed by atoms with E-state index in [1.165, 1.54) is 11.3 Å². The first kappa shape index (κ1) is 7.78. The number of hydrogen-bond donors (Lipinski definition) is 0. The van der Waals surface area contributed by atoms with Gasteiger partial charge in [0.15, 0.2) is 5.92 Å². The van der Waals surface area contributed by atoms with E-state index in [9.17, 15) is 0 Å². The zero-order valence-corrected chi connectivity index (χ0v) is 6.85. The second-order valence-electron chi connectivity index (χ2n) is 2.16. The van der Waals surface area contributed by atoms with Gasteiger partial charge in [0.2, 0.25) is 0 Å². The van der Waals surface area contributed by atoms with Gasteiger partial charge in [-0.15, -0.1) is 11.3 Å². The van der Waals surface area contributed by atoms with Crippen LogP contribution in [0.2, 0.25) is 0 Å². The van der Waals surface area contributed by atoms with Crippen LogP contribution in [0.25, 0.3) is 0 Å². The lowest BCUT2D eigenvalue weighted by Gasteiger charge is -1.95. The summed E-state index contributed by atoms with van der Waals surface area (Å²) >= 11 is 1.46. The van der Waals surface area contributed by atoms with Crippen molar-refractivity contribution in [3.05, 3.63) is 21.9 Å². The van der Waals surface area contributed by atoms with E-state index >= 15 is 0 Å². The maximum absolute atomic E-state index is 8.56. The van der Waals surface area contributed by atoms with E-state index in [1.807, 2.05) is 30.5 Å². The molecule has 0 amide bonds. The zero-order chi connectivity index (χ0) is 8.27. The van der Waals surface area contributed by atoms with Crippen molar-refractivity contribution in [1.29, 1.82) is 10.5 Å². The van der Waals surface area contributed by atoms with Crippen molar-refractivity contribution in [2.45, 2.75) is 12.8 Å². The highest BCUT2D eigenvalue weighted by molar-refractivity contribution is 7.10. The average molecular weight is 162 g/mol. The number of aryl methyl sites for hydroxylation is 1. The Hall–Kier alpha value is -1.32. The monoisotopic (exact) mass is 162 g/mol. The van der Waals surface area contributed by atoms with Crippen molar-refractivity contribution in [1.82, 2.24) is 0 Å². The fourth-order valence-corrected chi connectivity index (χ4v) is 1.74. The van der Waals surface area contributed by atoms with Gasteiger partial charge in [-0.1, -0.05) is 0 Å². The molecule has 1 aromatic heterocycles. The lowest BCUT2D eigenvalue weighted by atomic mass is 10.1. The van der Waals surface area contributed by atoms with Crippen LogP contribution >= 0.6 is 11.3 Å². The van der Waals surface area contributed by atoms with Crippen LogP contribution in [0, 0.1) is 29.6 Å². The summed E-state index contributed by atoms with van der Waals surface area (Å²) in [6.07, 6.45) is 0. The molecule has 0 spiro atoms. The lowest BCUT2D eigenvalue weighted by molar-refractivity contribution is 1.12. The Balaban J connectivity index is 3.04. The van der Waals surface area contributed by atoms with Gasteiger partial charge in [0, 0.05) is 4.88 Å². The van der Waals surface area contributed by atoms with Crippen molar-refractivity contribution >= 4 is 11.3 Å². The Morgan fingerprint density at radius 2 is 2.09 bits per heavy atom. The van der Waals surface area contributed by atoms with Crippen LogP contribution in [0.15, 0.2) is 11.4 Å². The molecular weight excluding hydrogens is 156 g/mol. The summed E-state index contributed by atoms with van der Waals surface area (Å²) in [5.41, 5.74) is 1.03. The van der Waals surface area contributed by atoms with Crippen molar-refractivity contribution in [3.63, 3.8) is 0 Å². The molecule has 0 aromatic carbocycles. The van der Waals surface area contributed by atoms with Crippen LogP contribution in [0.3, 0.4) is 0 Å². The maximum atomic E-state index is 8.56. The van der Waals surface area contributed by atoms with Crippen LogP contribution in [0.4, 0.5) is 0 Å². The summed E-state index contributed by atoms with van der Waals surface area (Å²) in [4.78, 5) is 0.870. The van der Waals surface area contributed by atoms with Gasteiger partial charge >= 0.3 is 0 Å². The van der Waals surface area contributed by atoms with E-state index in [-0.39, 0.29) is 0 Å². The van der Waals surface area contributed by atoms with Gasteiger partial charge in [0.25, 0.3) is 0 Å². The normalized spacial score (nSPS) is 9.09. The summed E-state index contributed by atoms with van der Waals surface area (Å²) in [5.74, 6) is -0.588. The van der Waals surface area contributed by atoms with Crippen LogP contribution in [-0.4, -0.2) is 0 Å². The number of rotatable bonds is 1. The molecule has 0 bridgehead atoms.